The molecule has 1 aliphatic rings. The van der Waals surface area contributed by atoms with Crippen molar-refractivity contribution >= 4 is 52.0 Å². The van der Waals surface area contributed by atoms with E-state index in [9.17, 15) is 27.6 Å². The van der Waals surface area contributed by atoms with Gasteiger partial charge in [0.15, 0.2) is 0 Å². The Balaban J connectivity index is 1.63. The van der Waals surface area contributed by atoms with Crippen LogP contribution in [0.15, 0.2) is 76.7 Å². The monoisotopic (exact) mass is 771 g/mol. The van der Waals surface area contributed by atoms with Gasteiger partial charge in [-0.2, -0.15) is 13.2 Å². The number of para-hydroxylation sites is 1. The number of carbonyl (C=O) groups is 3. The summed E-state index contributed by atoms with van der Waals surface area (Å²) in [6.45, 7) is 0.398. The fourth-order valence-corrected chi connectivity index (χ4v) is 7.92. The van der Waals surface area contributed by atoms with Crippen molar-refractivity contribution in [1.82, 2.24) is 25.8 Å². The molecule has 5 rings (SSSR count). The lowest BCUT2D eigenvalue weighted by atomic mass is 10.0. The molecule has 0 saturated carbocycles. The molecule has 0 fully saturated rings. The van der Waals surface area contributed by atoms with Crippen LogP contribution in [-0.4, -0.2) is 65.9 Å². The SMILES string of the molecule is CN1C(=O)C(CCCCN)NC(=O)[C@H](CCCN)NCc2ccccc2Sc2c(Cl)ccc(C(F)(F)F)c2CNC(=O)[C@@H]1Cc1c[nH]c2ccccc12. The summed E-state index contributed by atoms with van der Waals surface area (Å²) in [5.41, 5.74) is 12.7. The number of carbonyl (C=O) groups excluding carboxylic acids is 3. The number of benzene rings is 3. The van der Waals surface area contributed by atoms with E-state index in [0.717, 1.165) is 34.3 Å². The van der Waals surface area contributed by atoms with Gasteiger partial charge in [0.1, 0.15) is 12.1 Å². The van der Waals surface area contributed by atoms with Gasteiger partial charge >= 0.3 is 6.18 Å². The average Bonchev–Trinajstić information content (AvgIpc) is 3.55. The third-order valence-corrected chi connectivity index (χ3v) is 11.2. The van der Waals surface area contributed by atoms with E-state index in [1.165, 1.54) is 18.0 Å². The number of likely N-dealkylation sites (N-methyl/N-ethyl adjacent to an activating group) is 1. The van der Waals surface area contributed by atoms with Gasteiger partial charge in [0.2, 0.25) is 17.7 Å². The highest BCUT2D eigenvalue weighted by Gasteiger charge is 2.37. The first-order valence-corrected chi connectivity index (χ1v) is 18.8. The van der Waals surface area contributed by atoms with Gasteiger partial charge in [-0.3, -0.25) is 14.4 Å². The lowest BCUT2D eigenvalue weighted by Crippen LogP contribution is -2.57. The predicted octanol–water partition coefficient (Wildman–Crippen LogP) is 5.50. The minimum atomic E-state index is -4.75. The molecule has 10 nitrogen and oxygen atoms in total. The molecular weight excluding hydrogens is 727 g/mol. The van der Waals surface area contributed by atoms with Crippen LogP contribution in [0.25, 0.3) is 10.9 Å². The van der Waals surface area contributed by atoms with Crippen molar-refractivity contribution in [3.8, 4) is 0 Å². The van der Waals surface area contributed by atoms with E-state index >= 15 is 0 Å². The normalized spacial score (nSPS) is 19.3. The zero-order valence-electron chi connectivity index (χ0n) is 29.4. The first-order chi connectivity index (χ1) is 25.4. The zero-order valence-corrected chi connectivity index (χ0v) is 31.0. The maximum Gasteiger partial charge on any atom is 0.416 e. The number of nitrogens with one attached hydrogen (secondary N) is 4. The Morgan fingerprint density at radius 1 is 0.887 bits per heavy atom. The quantitative estimate of drug-likeness (QED) is 0.123. The molecule has 1 unspecified atom stereocenters. The van der Waals surface area contributed by atoms with Crippen LogP contribution in [-0.2, 0) is 40.1 Å². The Bertz CT molecular complexity index is 1910. The van der Waals surface area contributed by atoms with E-state index in [-0.39, 0.29) is 34.9 Å². The molecule has 284 valence electrons. The van der Waals surface area contributed by atoms with Gasteiger partial charge in [0.05, 0.1) is 16.6 Å². The molecule has 0 spiro atoms. The van der Waals surface area contributed by atoms with Crippen LogP contribution in [0.1, 0.15) is 54.4 Å². The highest BCUT2D eigenvalue weighted by molar-refractivity contribution is 7.99. The molecule has 2 heterocycles. The van der Waals surface area contributed by atoms with E-state index in [1.54, 1.807) is 24.4 Å². The van der Waals surface area contributed by atoms with E-state index in [0.29, 0.717) is 49.2 Å². The largest absolute Gasteiger partial charge is 0.416 e. The minimum absolute atomic E-state index is 0.0406. The summed E-state index contributed by atoms with van der Waals surface area (Å²) in [7, 11) is 1.47. The first-order valence-electron chi connectivity index (χ1n) is 17.6. The van der Waals surface area contributed by atoms with Crippen LogP contribution in [0, 0.1) is 0 Å². The number of aromatic nitrogens is 1. The minimum Gasteiger partial charge on any atom is -0.361 e. The fourth-order valence-electron chi connectivity index (χ4n) is 6.52. The average molecular weight is 772 g/mol. The zero-order chi connectivity index (χ0) is 38.1. The fraction of sp³-hybridized carbons (Fsp3) is 0.395. The van der Waals surface area contributed by atoms with Gasteiger partial charge in [-0.15, -0.1) is 0 Å². The van der Waals surface area contributed by atoms with Crippen LogP contribution in [0.2, 0.25) is 5.02 Å². The molecule has 0 saturated heterocycles. The number of amides is 3. The van der Waals surface area contributed by atoms with E-state index in [1.807, 2.05) is 30.3 Å². The van der Waals surface area contributed by atoms with Gasteiger partial charge in [0.25, 0.3) is 0 Å². The Morgan fingerprint density at radius 2 is 1.60 bits per heavy atom. The Hall–Kier alpha value is -4.08. The van der Waals surface area contributed by atoms with E-state index in [4.69, 9.17) is 23.1 Å². The van der Waals surface area contributed by atoms with Gasteiger partial charge in [-0.1, -0.05) is 59.8 Å². The summed E-state index contributed by atoms with van der Waals surface area (Å²) < 4.78 is 43.7. The van der Waals surface area contributed by atoms with Gasteiger partial charge in [-0.25, -0.2) is 0 Å². The maximum absolute atomic E-state index is 14.6. The van der Waals surface area contributed by atoms with Crippen molar-refractivity contribution in [3.63, 3.8) is 0 Å². The number of H-pyrrole nitrogens is 1. The summed E-state index contributed by atoms with van der Waals surface area (Å²) in [5.74, 6) is -1.60. The van der Waals surface area contributed by atoms with Crippen LogP contribution in [0.5, 0.6) is 0 Å². The van der Waals surface area contributed by atoms with E-state index in [2.05, 4.69) is 20.9 Å². The summed E-state index contributed by atoms with van der Waals surface area (Å²) in [4.78, 5) is 47.8. The highest BCUT2D eigenvalue weighted by atomic mass is 35.5. The molecule has 0 radical (unpaired) electrons. The number of hydrogen-bond acceptors (Lipinski definition) is 7. The van der Waals surface area contributed by atoms with Gasteiger partial charge in [-0.05, 0) is 86.1 Å². The molecule has 3 aromatic carbocycles. The molecule has 8 N–H and O–H groups in total. The lowest BCUT2D eigenvalue weighted by molar-refractivity contribution is -0.142. The molecule has 53 heavy (non-hydrogen) atoms. The smallest absolute Gasteiger partial charge is 0.361 e. The second kappa shape index (κ2) is 18.3. The molecule has 4 aromatic rings. The first kappa shape index (κ1) is 40.1. The number of rotatable bonds is 9. The number of hydrogen-bond donors (Lipinski definition) is 6. The van der Waals surface area contributed by atoms with Crippen molar-refractivity contribution in [3.05, 3.63) is 94.1 Å². The molecule has 0 aliphatic carbocycles. The molecule has 3 atom stereocenters. The Morgan fingerprint density at radius 3 is 2.36 bits per heavy atom. The predicted molar refractivity (Wildman–Crippen MR) is 201 cm³/mol. The van der Waals surface area contributed by atoms with E-state index < -0.39 is 54.1 Å². The summed E-state index contributed by atoms with van der Waals surface area (Å²) in [5, 5.41) is 9.87. The second-order valence-corrected chi connectivity index (χ2v) is 14.5. The number of halogens is 4. The number of fused-ring (bicyclic) bond motifs is 3. The van der Waals surface area contributed by atoms with Gasteiger partial charge < -0.3 is 37.3 Å². The van der Waals surface area contributed by atoms with Gasteiger partial charge in [0, 0.05) is 53.4 Å². The van der Waals surface area contributed by atoms with Crippen LogP contribution >= 0.6 is 23.4 Å². The molecule has 0 bridgehead atoms. The van der Waals surface area contributed by atoms with Crippen molar-refractivity contribution in [2.24, 2.45) is 11.5 Å². The standard InChI is InChI=1S/C38H45ClF3N7O3S/c1-49-32(19-24-21-45-29-11-4-3-10-25(24)29)36(51)47-22-26-27(38(40,41)42)15-16-28(39)34(26)53-33-14-5-2-9-23(33)20-46-30(13-8-18-44)35(50)48-31(37(49)52)12-6-7-17-43/h2-5,9-11,14-16,21,30-32,45-46H,6-8,12-13,17-20,22,43-44H2,1H3,(H,47,51)(H,48,50)/t30-,31?,32-/m0/s1. The van der Waals surface area contributed by atoms with Crippen molar-refractivity contribution in [2.75, 3.05) is 20.1 Å². The molecule has 1 aromatic heterocycles. The topological polar surface area (TPSA) is 158 Å². The lowest BCUT2D eigenvalue weighted by Gasteiger charge is -2.32. The van der Waals surface area contributed by atoms with Crippen molar-refractivity contribution in [1.29, 1.82) is 0 Å². The number of unbranched alkanes of at least 4 members (excludes halogenated alkanes) is 1. The molecule has 1 aliphatic heterocycles. The molecule has 3 amide bonds. The van der Waals surface area contributed by atoms with Crippen LogP contribution < -0.4 is 27.4 Å². The summed E-state index contributed by atoms with van der Waals surface area (Å²) in [6.07, 6.45) is -0.683. The van der Waals surface area contributed by atoms with Crippen LogP contribution in [0.4, 0.5) is 13.2 Å². The number of nitrogens with two attached hydrogens (primary N) is 2. The van der Waals surface area contributed by atoms with Crippen molar-refractivity contribution in [2.45, 2.75) is 85.7 Å². The molecule has 15 heteroatoms. The second-order valence-electron chi connectivity index (χ2n) is 13.1. The highest BCUT2D eigenvalue weighted by Crippen LogP contribution is 2.43. The summed E-state index contributed by atoms with van der Waals surface area (Å²) in [6, 6.07) is 13.8. The summed E-state index contributed by atoms with van der Waals surface area (Å²) >= 11 is 7.69. The maximum atomic E-state index is 14.6. The number of nitrogens with zero attached hydrogens (tertiary/aromatic N) is 1. The third kappa shape index (κ3) is 9.92. The van der Waals surface area contributed by atoms with Crippen LogP contribution in [0.3, 0.4) is 0 Å². The molecular formula is C38H45ClF3N7O3S. The third-order valence-electron chi connectivity index (χ3n) is 9.46. The number of aromatic amines is 1. The Kier molecular flexibility index (Phi) is 13.9. The number of alkyl halides is 3. The Labute approximate surface area is 315 Å². The van der Waals surface area contributed by atoms with Crippen molar-refractivity contribution < 1.29 is 27.6 Å².